The SMILES string of the molecule is Cc1cc(C)cc(C2(C(=O)Nc3nnc(-c4ccsc4)s3)CC2)c1. The number of anilines is 1. The number of nitrogens with zero attached hydrogens (tertiary/aromatic N) is 2. The molecular weight excluding hydrogens is 338 g/mol. The molecule has 6 heteroatoms. The third-order valence-corrected chi connectivity index (χ3v) is 5.94. The van der Waals surface area contributed by atoms with Gasteiger partial charge < -0.3 is 0 Å². The van der Waals surface area contributed by atoms with E-state index in [1.54, 1.807) is 11.3 Å². The molecule has 0 bridgehead atoms. The summed E-state index contributed by atoms with van der Waals surface area (Å²) in [5.41, 5.74) is 4.15. The fraction of sp³-hybridized carbons (Fsp3) is 0.278. The van der Waals surface area contributed by atoms with Crippen LogP contribution >= 0.6 is 22.7 Å². The first-order valence-corrected chi connectivity index (χ1v) is 9.59. The Morgan fingerprint density at radius 2 is 1.92 bits per heavy atom. The van der Waals surface area contributed by atoms with Gasteiger partial charge in [-0.1, -0.05) is 40.7 Å². The number of rotatable bonds is 4. The van der Waals surface area contributed by atoms with Gasteiger partial charge in [-0.2, -0.15) is 11.3 Å². The standard InChI is InChI=1S/C18H17N3OS2/c1-11-7-12(2)9-14(8-11)18(4-5-18)16(22)19-17-21-20-15(24-17)13-3-6-23-10-13/h3,6-10H,4-5H2,1-2H3,(H,19,21,22). The molecule has 1 aliphatic carbocycles. The number of amides is 1. The molecule has 4 rings (SSSR count). The van der Waals surface area contributed by atoms with E-state index >= 15 is 0 Å². The van der Waals surface area contributed by atoms with E-state index in [1.165, 1.54) is 22.5 Å². The molecule has 24 heavy (non-hydrogen) atoms. The van der Waals surface area contributed by atoms with Crippen LogP contribution in [0.2, 0.25) is 0 Å². The summed E-state index contributed by atoms with van der Waals surface area (Å²) in [5, 5.41) is 16.7. The Labute approximate surface area is 148 Å². The number of aryl methyl sites for hydroxylation is 2. The molecule has 122 valence electrons. The number of carbonyl (C=O) groups excluding carboxylic acids is 1. The lowest BCUT2D eigenvalue weighted by Gasteiger charge is -2.16. The van der Waals surface area contributed by atoms with E-state index in [-0.39, 0.29) is 5.91 Å². The third-order valence-electron chi connectivity index (χ3n) is 4.37. The highest BCUT2D eigenvalue weighted by molar-refractivity contribution is 7.19. The van der Waals surface area contributed by atoms with Crippen molar-refractivity contribution in [2.24, 2.45) is 0 Å². The van der Waals surface area contributed by atoms with E-state index in [0.29, 0.717) is 5.13 Å². The number of aromatic nitrogens is 2. The smallest absolute Gasteiger partial charge is 0.236 e. The van der Waals surface area contributed by atoms with Gasteiger partial charge in [0, 0.05) is 10.9 Å². The maximum absolute atomic E-state index is 12.8. The molecule has 2 aromatic heterocycles. The van der Waals surface area contributed by atoms with Crippen LogP contribution in [0.1, 0.15) is 29.5 Å². The van der Waals surface area contributed by atoms with E-state index in [9.17, 15) is 4.79 Å². The van der Waals surface area contributed by atoms with Crippen LogP contribution in [0.3, 0.4) is 0 Å². The molecule has 1 saturated carbocycles. The molecule has 1 fully saturated rings. The van der Waals surface area contributed by atoms with Crippen molar-refractivity contribution in [3.05, 3.63) is 51.7 Å². The highest BCUT2D eigenvalue weighted by atomic mass is 32.1. The first kappa shape index (κ1) is 15.5. The van der Waals surface area contributed by atoms with E-state index < -0.39 is 5.41 Å². The number of carbonyl (C=O) groups is 1. The second kappa shape index (κ2) is 5.79. The maximum Gasteiger partial charge on any atom is 0.236 e. The fourth-order valence-electron chi connectivity index (χ4n) is 3.02. The Kier molecular flexibility index (Phi) is 3.73. The third kappa shape index (κ3) is 2.76. The fourth-order valence-corrected chi connectivity index (χ4v) is 4.47. The molecule has 0 aliphatic heterocycles. The van der Waals surface area contributed by atoms with Gasteiger partial charge >= 0.3 is 0 Å². The largest absolute Gasteiger partial charge is 0.300 e. The van der Waals surface area contributed by atoms with Gasteiger partial charge in [-0.15, -0.1) is 10.2 Å². The quantitative estimate of drug-likeness (QED) is 0.747. The molecule has 1 aliphatic rings. The number of hydrogen-bond acceptors (Lipinski definition) is 5. The lowest BCUT2D eigenvalue weighted by molar-refractivity contribution is -0.118. The summed E-state index contributed by atoms with van der Waals surface area (Å²) in [7, 11) is 0. The molecule has 2 heterocycles. The van der Waals surface area contributed by atoms with E-state index in [0.717, 1.165) is 29.0 Å². The number of benzene rings is 1. The van der Waals surface area contributed by atoms with Crippen molar-refractivity contribution in [3.63, 3.8) is 0 Å². The van der Waals surface area contributed by atoms with Crippen molar-refractivity contribution in [1.29, 1.82) is 0 Å². The number of hydrogen-bond donors (Lipinski definition) is 1. The normalized spacial score (nSPS) is 15.2. The van der Waals surface area contributed by atoms with E-state index in [1.807, 2.05) is 16.8 Å². The maximum atomic E-state index is 12.8. The first-order valence-electron chi connectivity index (χ1n) is 7.83. The van der Waals surface area contributed by atoms with Crippen molar-refractivity contribution in [1.82, 2.24) is 10.2 Å². The Bertz CT molecular complexity index is 875. The summed E-state index contributed by atoms with van der Waals surface area (Å²) in [6, 6.07) is 8.39. The molecule has 0 saturated heterocycles. The van der Waals surface area contributed by atoms with E-state index in [4.69, 9.17) is 0 Å². The Hall–Kier alpha value is -2.05. The van der Waals surface area contributed by atoms with Crippen LogP contribution in [0, 0.1) is 13.8 Å². The molecule has 1 aromatic carbocycles. The van der Waals surface area contributed by atoms with Crippen molar-refractivity contribution in [3.8, 4) is 10.6 Å². The van der Waals surface area contributed by atoms with Crippen LogP contribution in [-0.4, -0.2) is 16.1 Å². The lowest BCUT2D eigenvalue weighted by Crippen LogP contribution is -2.28. The van der Waals surface area contributed by atoms with Crippen molar-refractivity contribution in [2.45, 2.75) is 32.1 Å². The predicted octanol–water partition coefficient (Wildman–Crippen LogP) is 4.55. The highest BCUT2D eigenvalue weighted by Crippen LogP contribution is 2.49. The topological polar surface area (TPSA) is 54.9 Å². The molecule has 0 radical (unpaired) electrons. The van der Waals surface area contributed by atoms with Crippen LogP contribution in [-0.2, 0) is 10.2 Å². The van der Waals surface area contributed by atoms with Gasteiger partial charge in [0.15, 0.2) is 0 Å². The zero-order valence-corrected chi connectivity index (χ0v) is 15.1. The molecular formula is C18H17N3OS2. The van der Waals surface area contributed by atoms with Crippen molar-refractivity contribution in [2.75, 3.05) is 5.32 Å². The monoisotopic (exact) mass is 355 g/mol. The van der Waals surface area contributed by atoms with Crippen LogP contribution in [0.15, 0.2) is 35.0 Å². The summed E-state index contributed by atoms with van der Waals surface area (Å²) in [6.45, 7) is 4.14. The van der Waals surface area contributed by atoms with Gasteiger partial charge in [0.1, 0.15) is 5.01 Å². The average molecular weight is 355 g/mol. The van der Waals surface area contributed by atoms with Gasteiger partial charge in [-0.25, -0.2) is 0 Å². The summed E-state index contributed by atoms with van der Waals surface area (Å²) >= 11 is 3.04. The van der Waals surface area contributed by atoms with E-state index in [2.05, 4.69) is 47.6 Å². The van der Waals surface area contributed by atoms with Crippen molar-refractivity contribution >= 4 is 33.7 Å². The van der Waals surface area contributed by atoms with Gasteiger partial charge in [0.2, 0.25) is 11.0 Å². The summed E-state index contributed by atoms with van der Waals surface area (Å²) in [5.74, 6) is 0.0283. The number of thiophene rings is 1. The van der Waals surface area contributed by atoms with Crippen LogP contribution < -0.4 is 5.32 Å². The molecule has 0 atom stereocenters. The first-order chi connectivity index (χ1) is 11.6. The minimum atomic E-state index is -0.398. The van der Waals surface area contributed by atoms with Gasteiger partial charge in [-0.05, 0) is 43.7 Å². The molecule has 3 aromatic rings. The predicted molar refractivity (Wildman–Crippen MR) is 98.7 cm³/mol. The van der Waals surface area contributed by atoms with Gasteiger partial charge in [-0.3, -0.25) is 10.1 Å². The zero-order chi connectivity index (χ0) is 16.7. The van der Waals surface area contributed by atoms with Crippen LogP contribution in [0.5, 0.6) is 0 Å². The summed E-state index contributed by atoms with van der Waals surface area (Å²) in [6.07, 6.45) is 1.77. The molecule has 0 unspecified atom stereocenters. The summed E-state index contributed by atoms with van der Waals surface area (Å²) < 4.78 is 0. The van der Waals surface area contributed by atoms with Gasteiger partial charge in [0.05, 0.1) is 5.41 Å². The molecule has 1 N–H and O–H groups in total. The minimum absolute atomic E-state index is 0.0283. The second-order valence-electron chi connectivity index (χ2n) is 6.34. The Balaban J connectivity index is 1.56. The average Bonchev–Trinajstić information content (AvgIpc) is 2.94. The minimum Gasteiger partial charge on any atom is -0.300 e. The lowest BCUT2D eigenvalue weighted by atomic mass is 9.92. The van der Waals surface area contributed by atoms with Crippen molar-refractivity contribution < 1.29 is 4.79 Å². The summed E-state index contributed by atoms with van der Waals surface area (Å²) in [4.78, 5) is 12.8. The Morgan fingerprint density at radius 3 is 2.54 bits per heavy atom. The second-order valence-corrected chi connectivity index (χ2v) is 8.09. The highest BCUT2D eigenvalue weighted by Gasteiger charge is 2.51. The number of nitrogens with one attached hydrogen (secondary N) is 1. The molecule has 0 spiro atoms. The Morgan fingerprint density at radius 1 is 1.17 bits per heavy atom. The molecule has 1 amide bonds. The van der Waals surface area contributed by atoms with Crippen LogP contribution in [0.25, 0.3) is 10.6 Å². The molecule has 4 nitrogen and oxygen atoms in total. The van der Waals surface area contributed by atoms with Gasteiger partial charge in [0.25, 0.3) is 0 Å². The van der Waals surface area contributed by atoms with Crippen LogP contribution in [0.4, 0.5) is 5.13 Å². The zero-order valence-electron chi connectivity index (χ0n) is 13.5.